The standard InChI is InChI=1S/C22H35N3O6S/c1-14(2)13-16(19(26)24-18(20(27)23-6)22(3,4)5)17(21(28)29)25(7)32(30,31)15-11-9-8-10-12-15/h8-12,14,16-18H,13H2,1-7H3,(H,23,27)(H,24,26)(H,28,29)/t16-,17+,18-/m1/s1. The van der Waals surface area contributed by atoms with Gasteiger partial charge >= 0.3 is 5.97 Å². The average molecular weight is 470 g/mol. The molecule has 0 radical (unpaired) electrons. The van der Waals surface area contributed by atoms with Crippen molar-refractivity contribution >= 4 is 27.8 Å². The maximum absolute atomic E-state index is 13.3. The summed E-state index contributed by atoms with van der Waals surface area (Å²) in [6, 6.07) is 4.85. The van der Waals surface area contributed by atoms with Crippen molar-refractivity contribution in [2.24, 2.45) is 17.3 Å². The number of amides is 2. The predicted molar refractivity (Wildman–Crippen MR) is 121 cm³/mol. The average Bonchev–Trinajstić information content (AvgIpc) is 2.69. The van der Waals surface area contributed by atoms with E-state index < -0.39 is 51.2 Å². The Balaban J connectivity index is 3.43. The number of carbonyl (C=O) groups excluding carboxylic acids is 2. The fraction of sp³-hybridized carbons (Fsp3) is 0.591. The molecule has 3 atom stereocenters. The van der Waals surface area contributed by atoms with Crippen LogP contribution in [0.3, 0.4) is 0 Å². The molecule has 1 rings (SSSR count). The van der Waals surface area contributed by atoms with Crippen molar-refractivity contribution in [3.63, 3.8) is 0 Å². The van der Waals surface area contributed by atoms with Gasteiger partial charge in [0.1, 0.15) is 12.1 Å². The van der Waals surface area contributed by atoms with Crippen LogP contribution in [-0.4, -0.2) is 61.8 Å². The van der Waals surface area contributed by atoms with Crippen LogP contribution < -0.4 is 10.6 Å². The maximum atomic E-state index is 13.3. The van der Waals surface area contributed by atoms with Crippen LogP contribution in [0, 0.1) is 17.3 Å². The summed E-state index contributed by atoms with van der Waals surface area (Å²) in [6.45, 7) is 8.93. The molecule has 32 heavy (non-hydrogen) atoms. The number of carboxylic acids is 1. The number of carboxylic acid groups (broad SMARTS) is 1. The molecule has 180 valence electrons. The van der Waals surface area contributed by atoms with Gasteiger partial charge in [-0.15, -0.1) is 0 Å². The minimum atomic E-state index is -4.18. The van der Waals surface area contributed by atoms with Gasteiger partial charge in [-0.3, -0.25) is 14.4 Å². The van der Waals surface area contributed by atoms with Crippen LogP contribution in [0.5, 0.6) is 0 Å². The summed E-state index contributed by atoms with van der Waals surface area (Å²) in [5.74, 6) is -3.88. The molecule has 0 aliphatic rings. The lowest BCUT2D eigenvalue weighted by atomic mass is 9.84. The van der Waals surface area contributed by atoms with Crippen molar-refractivity contribution in [1.29, 1.82) is 0 Å². The molecular formula is C22H35N3O6S. The highest BCUT2D eigenvalue weighted by Crippen LogP contribution is 2.27. The van der Waals surface area contributed by atoms with Crippen molar-refractivity contribution in [2.75, 3.05) is 14.1 Å². The summed E-state index contributed by atoms with van der Waals surface area (Å²) >= 11 is 0. The summed E-state index contributed by atoms with van der Waals surface area (Å²) in [6.07, 6.45) is 0.113. The van der Waals surface area contributed by atoms with E-state index in [0.29, 0.717) is 0 Å². The predicted octanol–water partition coefficient (Wildman–Crippen LogP) is 1.70. The number of carbonyl (C=O) groups is 3. The van der Waals surface area contributed by atoms with Gasteiger partial charge in [0.2, 0.25) is 21.8 Å². The van der Waals surface area contributed by atoms with Crippen molar-refractivity contribution in [3.05, 3.63) is 30.3 Å². The number of hydrogen-bond donors (Lipinski definition) is 3. The van der Waals surface area contributed by atoms with Gasteiger partial charge in [-0.1, -0.05) is 52.8 Å². The highest BCUT2D eigenvalue weighted by atomic mass is 32.2. The molecule has 0 spiro atoms. The van der Waals surface area contributed by atoms with Gasteiger partial charge in [0.25, 0.3) is 0 Å². The van der Waals surface area contributed by atoms with Crippen LogP contribution in [0.4, 0.5) is 0 Å². The number of aliphatic carboxylic acids is 1. The van der Waals surface area contributed by atoms with Gasteiger partial charge in [0.15, 0.2) is 0 Å². The van der Waals surface area contributed by atoms with Gasteiger partial charge < -0.3 is 15.7 Å². The molecule has 1 aromatic carbocycles. The first-order valence-corrected chi connectivity index (χ1v) is 11.9. The third-order valence-corrected chi connectivity index (χ3v) is 7.02. The lowest BCUT2D eigenvalue weighted by molar-refractivity contribution is -0.147. The number of likely N-dealkylation sites (N-methyl/N-ethyl adjacent to an activating group) is 2. The lowest BCUT2D eigenvalue weighted by Crippen LogP contribution is -2.58. The van der Waals surface area contributed by atoms with E-state index in [1.165, 1.54) is 31.3 Å². The molecule has 0 heterocycles. The Morgan fingerprint density at radius 3 is 2.00 bits per heavy atom. The first-order chi connectivity index (χ1) is 14.6. The Bertz CT molecular complexity index is 909. The summed E-state index contributed by atoms with van der Waals surface area (Å²) in [5.41, 5.74) is -0.654. The molecule has 0 aliphatic carbocycles. The molecule has 10 heteroatoms. The number of rotatable bonds is 10. The number of nitrogens with zero attached hydrogens (tertiary/aromatic N) is 1. The minimum Gasteiger partial charge on any atom is -0.480 e. The monoisotopic (exact) mass is 469 g/mol. The molecule has 0 fully saturated rings. The van der Waals surface area contributed by atoms with E-state index in [1.807, 2.05) is 13.8 Å². The first kappa shape index (κ1) is 27.6. The molecule has 0 saturated carbocycles. The highest BCUT2D eigenvalue weighted by molar-refractivity contribution is 7.89. The Kier molecular flexibility index (Phi) is 9.40. The zero-order valence-corrected chi connectivity index (χ0v) is 20.6. The van der Waals surface area contributed by atoms with E-state index >= 15 is 0 Å². The Hall–Kier alpha value is -2.46. The van der Waals surface area contributed by atoms with Gasteiger partial charge in [-0.2, -0.15) is 4.31 Å². The molecule has 3 N–H and O–H groups in total. The van der Waals surface area contributed by atoms with Crippen LogP contribution in [-0.2, 0) is 24.4 Å². The van der Waals surface area contributed by atoms with Crippen LogP contribution in [0.2, 0.25) is 0 Å². The highest BCUT2D eigenvalue weighted by Gasteiger charge is 2.44. The van der Waals surface area contributed by atoms with Gasteiger partial charge in [0.05, 0.1) is 10.8 Å². The lowest BCUT2D eigenvalue weighted by Gasteiger charge is -2.35. The van der Waals surface area contributed by atoms with Crippen molar-refractivity contribution in [3.8, 4) is 0 Å². The van der Waals surface area contributed by atoms with E-state index in [0.717, 1.165) is 11.4 Å². The van der Waals surface area contributed by atoms with E-state index in [1.54, 1.807) is 26.8 Å². The van der Waals surface area contributed by atoms with Crippen LogP contribution in [0.15, 0.2) is 35.2 Å². The van der Waals surface area contributed by atoms with Crippen LogP contribution in [0.25, 0.3) is 0 Å². The molecule has 2 amide bonds. The first-order valence-electron chi connectivity index (χ1n) is 10.4. The van der Waals surface area contributed by atoms with Gasteiger partial charge in [0, 0.05) is 14.1 Å². The topological polar surface area (TPSA) is 133 Å². The smallest absolute Gasteiger partial charge is 0.322 e. The van der Waals surface area contributed by atoms with E-state index in [2.05, 4.69) is 10.6 Å². The van der Waals surface area contributed by atoms with E-state index in [-0.39, 0.29) is 17.2 Å². The molecule has 0 aliphatic heterocycles. The Labute approximate surface area is 190 Å². The quantitative estimate of drug-likeness (QED) is 0.478. The third kappa shape index (κ3) is 6.77. The van der Waals surface area contributed by atoms with Crippen molar-refractivity contribution in [2.45, 2.75) is 58.0 Å². The molecule has 0 saturated heterocycles. The molecular weight excluding hydrogens is 434 g/mol. The second-order valence-electron chi connectivity index (χ2n) is 9.28. The second-order valence-corrected chi connectivity index (χ2v) is 11.3. The second kappa shape index (κ2) is 10.9. The summed E-state index contributed by atoms with van der Waals surface area (Å²) < 4.78 is 26.9. The summed E-state index contributed by atoms with van der Waals surface area (Å²) in [7, 11) is -1.58. The number of hydrogen-bond acceptors (Lipinski definition) is 5. The fourth-order valence-corrected chi connectivity index (χ4v) is 4.82. The fourth-order valence-electron chi connectivity index (χ4n) is 3.45. The molecule has 0 aromatic heterocycles. The number of nitrogens with one attached hydrogen (secondary N) is 2. The zero-order chi connectivity index (χ0) is 24.9. The zero-order valence-electron chi connectivity index (χ0n) is 19.7. The Morgan fingerprint density at radius 2 is 1.59 bits per heavy atom. The molecule has 9 nitrogen and oxygen atoms in total. The normalized spacial score (nSPS) is 15.2. The summed E-state index contributed by atoms with van der Waals surface area (Å²) in [4.78, 5) is 37.8. The number of benzene rings is 1. The van der Waals surface area contributed by atoms with Crippen molar-refractivity contribution in [1.82, 2.24) is 14.9 Å². The summed E-state index contributed by atoms with van der Waals surface area (Å²) in [5, 5.41) is 15.1. The molecule has 0 unspecified atom stereocenters. The van der Waals surface area contributed by atoms with Gasteiger partial charge in [-0.25, -0.2) is 8.42 Å². The van der Waals surface area contributed by atoms with Crippen molar-refractivity contribution < 1.29 is 27.9 Å². The number of sulfonamides is 1. The largest absolute Gasteiger partial charge is 0.480 e. The maximum Gasteiger partial charge on any atom is 0.322 e. The third-order valence-electron chi connectivity index (χ3n) is 5.17. The van der Waals surface area contributed by atoms with Crippen LogP contribution in [0.1, 0.15) is 41.0 Å². The Morgan fingerprint density at radius 1 is 1.06 bits per heavy atom. The van der Waals surface area contributed by atoms with E-state index in [9.17, 15) is 27.9 Å². The van der Waals surface area contributed by atoms with E-state index in [4.69, 9.17) is 0 Å². The SMILES string of the molecule is CNC(=O)[C@@H](NC(=O)[C@H](CC(C)C)[C@@H](C(=O)O)N(C)S(=O)(=O)c1ccccc1)C(C)(C)C. The minimum absolute atomic E-state index is 0.0737. The molecule has 1 aromatic rings. The van der Waals surface area contributed by atoms with Gasteiger partial charge in [-0.05, 0) is 29.9 Å². The van der Waals surface area contributed by atoms with Crippen LogP contribution >= 0.6 is 0 Å². The molecule has 0 bridgehead atoms.